The monoisotopic (exact) mass is 386 g/mol. The van der Waals surface area contributed by atoms with Crippen LogP contribution in [0.25, 0.3) is 0 Å². The Kier molecular flexibility index (Phi) is 9.30. The van der Waals surface area contributed by atoms with Crippen molar-refractivity contribution in [1.82, 2.24) is 4.90 Å². The number of hydrogen-bond acceptors (Lipinski definition) is 4. The van der Waals surface area contributed by atoms with E-state index < -0.39 is 5.54 Å². The molecule has 0 aliphatic rings. The van der Waals surface area contributed by atoms with E-state index in [1.165, 1.54) is 5.56 Å². The summed E-state index contributed by atoms with van der Waals surface area (Å²) in [6.07, 6.45) is -0.204. The van der Waals surface area contributed by atoms with Crippen LogP contribution in [0.1, 0.15) is 31.9 Å². The predicted octanol–water partition coefficient (Wildman–Crippen LogP) is 4.29. The first-order valence-corrected chi connectivity index (χ1v) is 7.81. The van der Waals surface area contributed by atoms with Crippen molar-refractivity contribution in [1.29, 1.82) is 0 Å². The molecule has 2 rings (SSSR count). The van der Waals surface area contributed by atoms with Crippen LogP contribution in [-0.4, -0.2) is 23.3 Å². The minimum atomic E-state index is -0.591. The van der Waals surface area contributed by atoms with E-state index in [1.807, 2.05) is 52.1 Å². The van der Waals surface area contributed by atoms with E-state index in [9.17, 15) is 5.11 Å². The number of rotatable bonds is 6. The van der Waals surface area contributed by atoms with Gasteiger partial charge in [0.1, 0.15) is 6.23 Å². The first kappa shape index (κ1) is 23.5. The molecule has 0 heterocycles. The molecular formula is C19H28Cl2N2O2. The number of para-hydroxylation sites is 1. The van der Waals surface area contributed by atoms with E-state index in [1.54, 1.807) is 12.1 Å². The summed E-state index contributed by atoms with van der Waals surface area (Å²) in [4.78, 5) is 2.08. The standard InChI is InChI=1S/C19H26N2O2.2ClH/c1-14(21(4)13-15-9-6-5-7-10-15)23-18-16(19(2,3)20)11-8-12-17(18)22;;/h5-12,14,22H,13,20H2,1-4H3;2*1H. The molecule has 25 heavy (non-hydrogen) atoms. The molecule has 3 N–H and O–H groups in total. The Morgan fingerprint density at radius 1 is 1.08 bits per heavy atom. The van der Waals surface area contributed by atoms with Crippen LogP contribution in [0.15, 0.2) is 48.5 Å². The van der Waals surface area contributed by atoms with Crippen molar-refractivity contribution >= 4 is 24.8 Å². The van der Waals surface area contributed by atoms with Crippen molar-refractivity contribution in [2.75, 3.05) is 7.05 Å². The molecule has 2 aromatic rings. The van der Waals surface area contributed by atoms with Gasteiger partial charge >= 0.3 is 0 Å². The van der Waals surface area contributed by atoms with Crippen LogP contribution < -0.4 is 10.5 Å². The van der Waals surface area contributed by atoms with Gasteiger partial charge in [0.15, 0.2) is 11.5 Å². The fourth-order valence-electron chi connectivity index (χ4n) is 2.42. The molecule has 6 heteroatoms. The van der Waals surface area contributed by atoms with Crippen LogP contribution in [0.3, 0.4) is 0 Å². The lowest BCUT2D eigenvalue weighted by molar-refractivity contribution is 0.0509. The van der Waals surface area contributed by atoms with Gasteiger partial charge in [0.25, 0.3) is 0 Å². The number of halogens is 2. The molecule has 0 radical (unpaired) electrons. The van der Waals surface area contributed by atoms with E-state index >= 15 is 0 Å². The quantitative estimate of drug-likeness (QED) is 0.727. The Balaban J connectivity index is 0.00000288. The van der Waals surface area contributed by atoms with Crippen LogP contribution in [0.4, 0.5) is 0 Å². The molecule has 0 fully saturated rings. The Morgan fingerprint density at radius 3 is 2.24 bits per heavy atom. The SMILES string of the molecule is CC(Oc1c(O)cccc1C(C)(C)N)N(C)Cc1ccccc1.Cl.Cl. The highest BCUT2D eigenvalue weighted by Gasteiger charge is 2.24. The first-order valence-electron chi connectivity index (χ1n) is 7.81. The van der Waals surface area contributed by atoms with Gasteiger partial charge in [0, 0.05) is 17.6 Å². The van der Waals surface area contributed by atoms with E-state index in [2.05, 4.69) is 17.0 Å². The predicted molar refractivity (Wildman–Crippen MR) is 108 cm³/mol. The van der Waals surface area contributed by atoms with E-state index in [0.29, 0.717) is 5.75 Å². The van der Waals surface area contributed by atoms with Gasteiger partial charge in [-0.15, -0.1) is 24.8 Å². The zero-order valence-electron chi connectivity index (χ0n) is 15.1. The zero-order chi connectivity index (χ0) is 17.0. The molecule has 0 bridgehead atoms. The van der Waals surface area contributed by atoms with Gasteiger partial charge in [-0.2, -0.15) is 0 Å². The molecule has 4 nitrogen and oxygen atoms in total. The minimum Gasteiger partial charge on any atom is -0.504 e. The van der Waals surface area contributed by atoms with Crippen molar-refractivity contribution in [3.8, 4) is 11.5 Å². The third-order valence-electron chi connectivity index (χ3n) is 3.87. The highest BCUT2D eigenvalue weighted by Crippen LogP contribution is 2.36. The number of phenolic OH excluding ortho intramolecular Hbond substituents is 1. The number of benzene rings is 2. The first-order chi connectivity index (χ1) is 10.8. The normalized spacial score (nSPS) is 12.1. The molecule has 0 spiro atoms. The second-order valence-electron chi connectivity index (χ2n) is 6.49. The summed E-state index contributed by atoms with van der Waals surface area (Å²) in [5, 5.41) is 10.2. The van der Waals surface area contributed by atoms with Gasteiger partial charge in [0.2, 0.25) is 0 Å². The van der Waals surface area contributed by atoms with Gasteiger partial charge in [-0.1, -0.05) is 42.5 Å². The summed E-state index contributed by atoms with van der Waals surface area (Å²) in [6, 6.07) is 15.5. The summed E-state index contributed by atoms with van der Waals surface area (Å²) in [7, 11) is 1.99. The average Bonchev–Trinajstić information content (AvgIpc) is 2.49. The van der Waals surface area contributed by atoms with E-state index in [0.717, 1.165) is 12.1 Å². The largest absolute Gasteiger partial charge is 0.504 e. The Bertz CT molecular complexity index is 646. The summed E-state index contributed by atoms with van der Waals surface area (Å²) >= 11 is 0. The number of hydrogen-bond donors (Lipinski definition) is 2. The van der Waals surface area contributed by atoms with Crippen LogP contribution in [0, 0.1) is 0 Å². The van der Waals surface area contributed by atoms with Gasteiger partial charge in [0.05, 0.1) is 0 Å². The third-order valence-corrected chi connectivity index (χ3v) is 3.87. The van der Waals surface area contributed by atoms with Crippen LogP contribution in [0.2, 0.25) is 0 Å². The van der Waals surface area contributed by atoms with Gasteiger partial charge < -0.3 is 15.6 Å². The van der Waals surface area contributed by atoms with Crippen molar-refractivity contribution in [2.24, 2.45) is 5.73 Å². The summed E-state index contributed by atoms with van der Waals surface area (Å²) in [5.41, 5.74) is 7.61. The average molecular weight is 387 g/mol. The smallest absolute Gasteiger partial charge is 0.168 e. The van der Waals surface area contributed by atoms with Crippen molar-refractivity contribution in [3.05, 3.63) is 59.7 Å². The van der Waals surface area contributed by atoms with Crippen molar-refractivity contribution in [3.63, 3.8) is 0 Å². The molecule has 0 aliphatic heterocycles. The molecular weight excluding hydrogens is 359 g/mol. The molecule has 0 aliphatic carbocycles. The molecule has 1 unspecified atom stereocenters. The number of nitrogens with two attached hydrogens (primary N) is 1. The lowest BCUT2D eigenvalue weighted by Gasteiger charge is -2.29. The molecule has 0 saturated heterocycles. The molecule has 140 valence electrons. The highest BCUT2D eigenvalue weighted by atomic mass is 35.5. The van der Waals surface area contributed by atoms with E-state index in [4.69, 9.17) is 10.5 Å². The molecule has 1 atom stereocenters. The second kappa shape index (κ2) is 9.88. The maximum atomic E-state index is 10.2. The van der Waals surface area contributed by atoms with Crippen LogP contribution >= 0.6 is 24.8 Å². The highest BCUT2D eigenvalue weighted by molar-refractivity contribution is 5.85. The lowest BCUT2D eigenvalue weighted by atomic mass is 9.94. The Morgan fingerprint density at radius 2 is 1.68 bits per heavy atom. The second-order valence-corrected chi connectivity index (χ2v) is 6.49. The number of phenols is 1. The fraction of sp³-hybridized carbons (Fsp3) is 0.368. The van der Waals surface area contributed by atoms with Gasteiger partial charge in [-0.05, 0) is 39.4 Å². The van der Waals surface area contributed by atoms with Crippen LogP contribution in [0.5, 0.6) is 11.5 Å². The number of aromatic hydroxyl groups is 1. The summed E-state index contributed by atoms with van der Waals surface area (Å²) < 4.78 is 6.03. The molecule has 0 amide bonds. The number of nitrogens with zero attached hydrogens (tertiary/aromatic N) is 1. The van der Waals surface area contributed by atoms with Gasteiger partial charge in [-0.3, -0.25) is 4.90 Å². The molecule has 0 aromatic heterocycles. The zero-order valence-corrected chi connectivity index (χ0v) is 16.7. The van der Waals surface area contributed by atoms with Gasteiger partial charge in [-0.25, -0.2) is 0 Å². The molecule has 0 saturated carbocycles. The van der Waals surface area contributed by atoms with E-state index in [-0.39, 0.29) is 36.8 Å². The third kappa shape index (κ3) is 6.40. The Labute approximate surface area is 162 Å². The summed E-state index contributed by atoms with van der Waals surface area (Å²) in [5.74, 6) is 0.563. The maximum absolute atomic E-state index is 10.2. The maximum Gasteiger partial charge on any atom is 0.168 e. The lowest BCUT2D eigenvalue weighted by Crippen LogP contribution is -2.35. The fourth-order valence-corrected chi connectivity index (χ4v) is 2.42. The van der Waals surface area contributed by atoms with Crippen molar-refractivity contribution < 1.29 is 9.84 Å². The van der Waals surface area contributed by atoms with Crippen LogP contribution in [-0.2, 0) is 12.1 Å². The molecule has 2 aromatic carbocycles. The minimum absolute atomic E-state index is 0. The Hall–Kier alpha value is -1.46. The topological polar surface area (TPSA) is 58.7 Å². The number of ether oxygens (including phenoxy) is 1. The summed E-state index contributed by atoms with van der Waals surface area (Å²) in [6.45, 7) is 6.51. The van der Waals surface area contributed by atoms with Crippen molar-refractivity contribution in [2.45, 2.75) is 39.1 Å².